The minimum Gasteiger partial charge on any atom is -0.451 e. The number of carbonyl (C=O) groups excluding carboxylic acids is 1. The minimum absolute atomic E-state index is 0.0179. The summed E-state index contributed by atoms with van der Waals surface area (Å²) in [5, 5.41) is 0.913. The van der Waals surface area contributed by atoms with Crippen LogP contribution in [0.2, 0.25) is 5.02 Å². The predicted octanol–water partition coefficient (Wildman–Crippen LogP) is 3.89. The lowest BCUT2D eigenvalue weighted by molar-refractivity contribution is 0.0648. The van der Waals surface area contributed by atoms with Gasteiger partial charge in [0, 0.05) is 23.7 Å². The van der Waals surface area contributed by atoms with E-state index in [9.17, 15) is 18.0 Å². The average molecular weight is 460 g/mol. The molecule has 1 aliphatic heterocycles. The predicted molar refractivity (Wildman–Crippen MR) is 120 cm³/mol. The number of sulfone groups is 1. The van der Waals surface area contributed by atoms with Crippen molar-refractivity contribution in [1.29, 1.82) is 0 Å². The second kappa shape index (κ2) is 8.13. The van der Waals surface area contributed by atoms with E-state index >= 15 is 0 Å². The number of hydrogen-bond donors (Lipinski definition) is 0. The van der Waals surface area contributed by atoms with Crippen molar-refractivity contribution in [3.05, 3.63) is 80.2 Å². The maximum atomic E-state index is 13.5. The van der Waals surface area contributed by atoms with E-state index in [0.717, 1.165) is 11.1 Å². The zero-order valence-corrected chi connectivity index (χ0v) is 18.8. The third-order valence-electron chi connectivity index (χ3n) is 5.59. The largest absolute Gasteiger partial charge is 0.451 e. The van der Waals surface area contributed by atoms with Gasteiger partial charge in [0.1, 0.15) is 5.58 Å². The molecule has 31 heavy (non-hydrogen) atoms. The highest BCUT2D eigenvalue weighted by molar-refractivity contribution is 7.91. The van der Waals surface area contributed by atoms with Gasteiger partial charge >= 0.3 is 0 Å². The van der Waals surface area contributed by atoms with Gasteiger partial charge in [-0.3, -0.25) is 9.59 Å². The Labute approximate surface area is 185 Å². The van der Waals surface area contributed by atoms with Crippen molar-refractivity contribution >= 4 is 38.3 Å². The van der Waals surface area contributed by atoms with Crippen LogP contribution in [0.25, 0.3) is 11.0 Å². The zero-order chi connectivity index (χ0) is 22.3. The molecular formula is C23H22ClNO5S. The van der Waals surface area contributed by atoms with E-state index in [1.54, 1.807) is 30.3 Å². The number of hydrogen-bond acceptors (Lipinski definition) is 5. The number of amides is 1. The van der Waals surface area contributed by atoms with Crippen LogP contribution in [0.15, 0.2) is 51.7 Å². The van der Waals surface area contributed by atoms with Gasteiger partial charge < -0.3 is 9.32 Å². The normalized spacial score (nSPS) is 17.7. The van der Waals surface area contributed by atoms with Crippen molar-refractivity contribution in [2.24, 2.45) is 0 Å². The lowest BCUT2D eigenvalue weighted by Crippen LogP contribution is -2.41. The number of halogens is 1. The van der Waals surface area contributed by atoms with E-state index in [1.807, 2.05) is 19.9 Å². The van der Waals surface area contributed by atoms with E-state index in [-0.39, 0.29) is 29.2 Å². The molecular weight excluding hydrogens is 438 g/mol. The molecule has 1 aromatic heterocycles. The lowest BCUT2D eigenvalue weighted by Gasteiger charge is -2.28. The van der Waals surface area contributed by atoms with Gasteiger partial charge in [-0.15, -0.1) is 0 Å². The Kier molecular flexibility index (Phi) is 5.66. The standard InChI is InChI=1S/C23H22ClNO5S/c1-14-9-15(2)22-19(26)11-21(30-20(22)10-14)23(27)25(17-7-8-31(28,29)13-17)12-16-5-3-4-6-18(16)24/h3-6,9-11,17H,7-8,12-13H2,1-2H3. The van der Waals surface area contributed by atoms with Crippen molar-refractivity contribution in [2.75, 3.05) is 11.5 Å². The highest BCUT2D eigenvalue weighted by Crippen LogP contribution is 2.26. The molecule has 1 amide bonds. The molecule has 0 N–H and O–H groups in total. The van der Waals surface area contributed by atoms with Crippen LogP contribution in [0.4, 0.5) is 0 Å². The van der Waals surface area contributed by atoms with Gasteiger partial charge in [-0.05, 0) is 49.1 Å². The summed E-state index contributed by atoms with van der Waals surface area (Å²) in [6.45, 7) is 3.82. The summed E-state index contributed by atoms with van der Waals surface area (Å²) in [7, 11) is -3.23. The molecule has 0 spiro atoms. The second-order valence-corrected chi connectivity index (χ2v) is 10.6. The van der Waals surface area contributed by atoms with Crippen LogP contribution in [0.1, 0.15) is 33.7 Å². The molecule has 1 aliphatic rings. The van der Waals surface area contributed by atoms with Gasteiger partial charge in [-0.1, -0.05) is 35.9 Å². The monoisotopic (exact) mass is 459 g/mol. The van der Waals surface area contributed by atoms with Crippen LogP contribution in [-0.4, -0.2) is 36.8 Å². The highest BCUT2D eigenvalue weighted by atomic mass is 35.5. The summed E-state index contributed by atoms with van der Waals surface area (Å²) in [5.41, 5.74) is 2.41. The van der Waals surface area contributed by atoms with Crippen molar-refractivity contribution in [3.8, 4) is 0 Å². The molecule has 0 saturated carbocycles. The van der Waals surface area contributed by atoms with Crippen LogP contribution >= 0.6 is 11.6 Å². The molecule has 1 saturated heterocycles. The summed E-state index contributed by atoms with van der Waals surface area (Å²) >= 11 is 6.29. The molecule has 0 aliphatic carbocycles. The Morgan fingerprint density at radius 3 is 2.61 bits per heavy atom. The summed E-state index contributed by atoms with van der Waals surface area (Å²) in [4.78, 5) is 27.7. The number of carbonyl (C=O) groups is 1. The minimum atomic E-state index is -3.23. The van der Waals surface area contributed by atoms with Gasteiger partial charge in [-0.25, -0.2) is 8.42 Å². The first kappa shape index (κ1) is 21.6. The smallest absolute Gasteiger partial charge is 0.290 e. The van der Waals surface area contributed by atoms with Gasteiger partial charge in [-0.2, -0.15) is 0 Å². The number of benzene rings is 2. The molecule has 1 unspecified atom stereocenters. The molecule has 0 bridgehead atoms. The molecule has 8 heteroatoms. The molecule has 162 valence electrons. The van der Waals surface area contributed by atoms with E-state index < -0.39 is 21.8 Å². The van der Waals surface area contributed by atoms with Gasteiger partial charge in [0.15, 0.2) is 21.0 Å². The molecule has 1 atom stereocenters. The second-order valence-electron chi connectivity index (χ2n) is 8.01. The van der Waals surface area contributed by atoms with Crippen molar-refractivity contribution in [1.82, 2.24) is 4.90 Å². The van der Waals surface area contributed by atoms with Crippen molar-refractivity contribution < 1.29 is 17.6 Å². The highest BCUT2D eigenvalue weighted by Gasteiger charge is 2.36. The molecule has 2 aromatic carbocycles. The number of fused-ring (bicyclic) bond motifs is 1. The molecule has 3 aromatic rings. The third-order valence-corrected chi connectivity index (χ3v) is 7.71. The average Bonchev–Trinajstić information content (AvgIpc) is 3.05. The van der Waals surface area contributed by atoms with Crippen LogP contribution in [-0.2, 0) is 16.4 Å². The first-order valence-electron chi connectivity index (χ1n) is 9.94. The maximum absolute atomic E-state index is 13.5. The Morgan fingerprint density at radius 1 is 1.19 bits per heavy atom. The van der Waals surface area contributed by atoms with Crippen LogP contribution < -0.4 is 5.43 Å². The van der Waals surface area contributed by atoms with Gasteiger partial charge in [0.2, 0.25) is 0 Å². The first-order chi connectivity index (χ1) is 14.6. The SMILES string of the molecule is Cc1cc(C)c2c(=O)cc(C(=O)N(Cc3ccccc3Cl)C3CCS(=O)(=O)C3)oc2c1. The maximum Gasteiger partial charge on any atom is 0.290 e. The van der Waals surface area contributed by atoms with E-state index in [1.165, 1.54) is 11.0 Å². The topological polar surface area (TPSA) is 84.7 Å². The number of rotatable bonds is 4. The molecule has 4 rings (SSSR count). The molecule has 6 nitrogen and oxygen atoms in total. The van der Waals surface area contributed by atoms with Gasteiger partial charge in [0.05, 0.1) is 16.9 Å². The molecule has 0 radical (unpaired) electrons. The Balaban J connectivity index is 1.78. The fourth-order valence-electron chi connectivity index (χ4n) is 4.11. The third kappa shape index (κ3) is 4.38. The van der Waals surface area contributed by atoms with Crippen molar-refractivity contribution in [3.63, 3.8) is 0 Å². The summed E-state index contributed by atoms with van der Waals surface area (Å²) < 4.78 is 30.0. The fraction of sp³-hybridized carbons (Fsp3) is 0.304. The number of nitrogens with zero attached hydrogens (tertiary/aromatic N) is 1. The Morgan fingerprint density at radius 2 is 1.94 bits per heavy atom. The summed E-state index contributed by atoms with van der Waals surface area (Å²) in [5.74, 6) is -0.748. The van der Waals surface area contributed by atoms with E-state index in [2.05, 4.69) is 0 Å². The molecule has 1 fully saturated rings. The van der Waals surface area contributed by atoms with Crippen LogP contribution in [0, 0.1) is 13.8 Å². The van der Waals surface area contributed by atoms with Gasteiger partial charge in [0.25, 0.3) is 5.91 Å². The van der Waals surface area contributed by atoms with Crippen molar-refractivity contribution in [2.45, 2.75) is 32.9 Å². The quantitative estimate of drug-likeness (QED) is 0.590. The summed E-state index contributed by atoms with van der Waals surface area (Å²) in [6.07, 6.45) is 0.328. The Bertz CT molecular complexity index is 1350. The van der Waals surface area contributed by atoms with Crippen LogP contribution in [0.3, 0.4) is 0 Å². The Hall–Kier alpha value is -2.64. The lowest BCUT2D eigenvalue weighted by atomic mass is 10.1. The zero-order valence-electron chi connectivity index (χ0n) is 17.2. The van der Waals surface area contributed by atoms with E-state index in [4.69, 9.17) is 16.0 Å². The van der Waals surface area contributed by atoms with Crippen LogP contribution in [0.5, 0.6) is 0 Å². The van der Waals surface area contributed by atoms with E-state index in [0.29, 0.717) is 28.0 Å². The summed E-state index contributed by atoms with van der Waals surface area (Å²) in [6, 6.07) is 11.4. The molecule has 2 heterocycles. The fourth-order valence-corrected chi connectivity index (χ4v) is 6.04. The number of aryl methyl sites for hydroxylation is 2. The first-order valence-corrected chi connectivity index (χ1v) is 12.1.